The van der Waals surface area contributed by atoms with Gasteiger partial charge in [0.2, 0.25) is 0 Å². The topological polar surface area (TPSA) is 46.6 Å². The molecule has 1 aromatic rings. The molecule has 1 fully saturated rings. The molecule has 2 rings (SSSR count). The molecule has 116 valence electrons. The molecular weight excluding hydrogens is 286 g/mol. The summed E-state index contributed by atoms with van der Waals surface area (Å²) in [7, 11) is 2.51. The molecule has 1 amide bonds. The Labute approximate surface area is 128 Å². The summed E-state index contributed by atoms with van der Waals surface area (Å²) >= 11 is 0. The lowest BCUT2D eigenvalue weighted by molar-refractivity contribution is 0.0310. The summed E-state index contributed by atoms with van der Waals surface area (Å²) in [5.74, 6) is 1.04. The molecule has 1 saturated heterocycles. The van der Waals surface area contributed by atoms with E-state index in [1.54, 1.807) is 25.1 Å². The molecule has 21 heavy (non-hydrogen) atoms. The third-order valence-electron chi connectivity index (χ3n) is 3.55. The van der Waals surface area contributed by atoms with Crippen molar-refractivity contribution in [3.63, 3.8) is 0 Å². The molecule has 0 unspecified atom stereocenters. The van der Waals surface area contributed by atoms with Gasteiger partial charge < -0.3 is 9.64 Å². The first-order valence-corrected chi connectivity index (χ1v) is 8.82. The van der Waals surface area contributed by atoms with Crippen LogP contribution < -0.4 is 0 Å². The van der Waals surface area contributed by atoms with Crippen LogP contribution in [0.25, 0.3) is 0 Å². The lowest BCUT2D eigenvalue weighted by atomic mass is 10.1. The quantitative estimate of drug-likeness (QED) is 0.838. The minimum absolute atomic E-state index is 0.0294. The molecule has 1 aliphatic heterocycles. The van der Waals surface area contributed by atoms with E-state index in [0.29, 0.717) is 17.1 Å². The number of benzene rings is 1. The van der Waals surface area contributed by atoms with Crippen molar-refractivity contribution in [3.8, 4) is 0 Å². The van der Waals surface area contributed by atoms with E-state index in [-0.39, 0.29) is 12.0 Å². The lowest BCUT2D eigenvalue weighted by Gasteiger charge is -2.22. The summed E-state index contributed by atoms with van der Waals surface area (Å²) in [4.78, 5) is 13.5. The fourth-order valence-electron chi connectivity index (χ4n) is 2.44. The number of hydrogen-bond acceptors (Lipinski definition) is 3. The number of nitrogens with zero attached hydrogens (tertiary/aromatic N) is 1. The zero-order chi connectivity index (χ0) is 15.2. The number of carbonyl (C=O) groups excluding carboxylic acids is 1. The molecule has 0 saturated carbocycles. The molecule has 0 aromatic heterocycles. The van der Waals surface area contributed by atoms with Gasteiger partial charge in [-0.05, 0) is 37.0 Å². The Morgan fingerprint density at radius 1 is 1.38 bits per heavy atom. The Hall–Kier alpha value is -1.20. The summed E-state index contributed by atoms with van der Waals surface area (Å²) in [5, 5.41) is 0. The van der Waals surface area contributed by atoms with Crippen LogP contribution in [0.1, 0.15) is 35.2 Å². The second-order valence-electron chi connectivity index (χ2n) is 5.64. The van der Waals surface area contributed by atoms with Gasteiger partial charge in [-0.1, -0.05) is 12.1 Å². The van der Waals surface area contributed by atoms with Gasteiger partial charge in [0.25, 0.3) is 5.91 Å². The first-order valence-electron chi connectivity index (χ1n) is 7.33. The van der Waals surface area contributed by atoms with Crippen LogP contribution in [0.5, 0.6) is 0 Å². The van der Waals surface area contributed by atoms with Crippen LogP contribution in [0.3, 0.4) is 0 Å². The van der Waals surface area contributed by atoms with Crippen molar-refractivity contribution < 1.29 is 13.7 Å². The summed E-state index contributed by atoms with van der Waals surface area (Å²) < 4.78 is 17.9. The number of ether oxygens (including phenoxy) is 1. The predicted molar refractivity (Wildman–Crippen MR) is 84.8 cm³/mol. The average Bonchev–Trinajstić information content (AvgIpc) is 2.47. The Morgan fingerprint density at radius 2 is 2.19 bits per heavy atom. The maximum absolute atomic E-state index is 12.2. The third kappa shape index (κ3) is 4.93. The second kappa shape index (κ2) is 7.71. The van der Waals surface area contributed by atoms with Crippen molar-refractivity contribution in [2.24, 2.45) is 0 Å². The minimum Gasteiger partial charge on any atom is -0.377 e. The second-order valence-corrected chi connectivity index (χ2v) is 7.14. The Balaban J connectivity index is 1.94. The third-order valence-corrected chi connectivity index (χ3v) is 4.95. The highest BCUT2D eigenvalue weighted by Crippen LogP contribution is 2.15. The Kier molecular flexibility index (Phi) is 5.94. The van der Waals surface area contributed by atoms with Crippen LogP contribution >= 0.6 is 0 Å². The molecule has 5 heteroatoms. The van der Waals surface area contributed by atoms with E-state index in [1.165, 1.54) is 0 Å². The fraction of sp³-hybridized carbons (Fsp3) is 0.562. The van der Waals surface area contributed by atoms with Crippen LogP contribution in [0.15, 0.2) is 24.3 Å². The summed E-state index contributed by atoms with van der Waals surface area (Å²) in [6.45, 7) is 0.786. The van der Waals surface area contributed by atoms with E-state index in [1.807, 2.05) is 18.2 Å². The van der Waals surface area contributed by atoms with Gasteiger partial charge in [0, 0.05) is 42.8 Å². The zero-order valence-electron chi connectivity index (χ0n) is 12.7. The molecular formula is C16H23NO3S. The van der Waals surface area contributed by atoms with Gasteiger partial charge in [0.05, 0.1) is 11.9 Å². The number of hydrogen-bond donors (Lipinski definition) is 0. The normalized spacial score (nSPS) is 20.0. The average molecular weight is 309 g/mol. The molecule has 0 spiro atoms. The molecule has 0 bridgehead atoms. The first kappa shape index (κ1) is 16.2. The van der Waals surface area contributed by atoms with Crippen LogP contribution in [0.2, 0.25) is 0 Å². The van der Waals surface area contributed by atoms with Gasteiger partial charge in [-0.2, -0.15) is 0 Å². The molecule has 1 aliphatic rings. The van der Waals surface area contributed by atoms with Crippen molar-refractivity contribution in [1.29, 1.82) is 0 Å². The van der Waals surface area contributed by atoms with Crippen LogP contribution in [-0.2, 0) is 21.3 Å². The largest absolute Gasteiger partial charge is 0.377 e. The standard InChI is InChI=1S/C16H23NO3S/c1-17(2)16(18)14-7-5-6-13(10-14)11-21(19)12-15-8-3-4-9-20-15/h5-7,10,15H,3-4,8-9,11-12H2,1-2H3/t15-,21-/m0/s1. The maximum Gasteiger partial charge on any atom is 0.253 e. The Bertz CT molecular complexity index is 510. The fourth-order valence-corrected chi connectivity index (χ4v) is 3.79. The van der Waals surface area contributed by atoms with Gasteiger partial charge in [-0.25, -0.2) is 0 Å². The van der Waals surface area contributed by atoms with Crippen molar-refractivity contribution in [2.45, 2.75) is 31.1 Å². The molecule has 0 aliphatic carbocycles. The van der Waals surface area contributed by atoms with Crippen LogP contribution in [0.4, 0.5) is 0 Å². The van der Waals surface area contributed by atoms with E-state index in [9.17, 15) is 9.00 Å². The molecule has 0 N–H and O–H groups in total. The predicted octanol–water partition coefficient (Wildman–Crippen LogP) is 2.21. The van der Waals surface area contributed by atoms with E-state index in [4.69, 9.17) is 4.74 Å². The summed E-state index contributed by atoms with van der Waals surface area (Å²) in [6, 6.07) is 7.40. The van der Waals surface area contributed by atoms with Gasteiger partial charge in [-0.15, -0.1) is 0 Å². The first-order chi connectivity index (χ1) is 10.1. The van der Waals surface area contributed by atoms with E-state index >= 15 is 0 Å². The maximum atomic E-state index is 12.2. The van der Waals surface area contributed by atoms with Gasteiger partial charge in [0.1, 0.15) is 0 Å². The van der Waals surface area contributed by atoms with E-state index < -0.39 is 10.8 Å². The highest BCUT2D eigenvalue weighted by atomic mass is 32.2. The monoisotopic (exact) mass is 309 g/mol. The summed E-state index contributed by atoms with van der Waals surface area (Å²) in [6.07, 6.45) is 3.41. The van der Waals surface area contributed by atoms with Crippen molar-refractivity contribution in [3.05, 3.63) is 35.4 Å². The summed E-state index contributed by atoms with van der Waals surface area (Å²) in [5.41, 5.74) is 1.58. The molecule has 0 radical (unpaired) electrons. The molecule has 1 aromatic carbocycles. The molecule has 2 atom stereocenters. The van der Waals surface area contributed by atoms with Gasteiger partial charge in [0.15, 0.2) is 0 Å². The minimum atomic E-state index is -0.951. The van der Waals surface area contributed by atoms with Crippen LogP contribution in [-0.4, -0.2) is 47.6 Å². The highest BCUT2D eigenvalue weighted by molar-refractivity contribution is 7.84. The lowest BCUT2D eigenvalue weighted by Crippen LogP contribution is -2.25. The van der Waals surface area contributed by atoms with Crippen molar-refractivity contribution in [2.75, 3.05) is 26.5 Å². The zero-order valence-corrected chi connectivity index (χ0v) is 13.5. The SMILES string of the molecule is CN(C)C(=O)c1cccc(C[S@](=O)C[C@@H]2CCCCO2)c1. The smallest absolute Gasteiger partial charge is 0.253 e. The number of carbonyl (C=O) groups is 1. The Morgan fingerprint density at radius 3 is 2.86 bits per heavy atom. The van der Waals surface area contributed by atoms with E-state index in [0.717, 1.165) is 31.4 Å². The van der Waals surface area contributed by atoms with Crippen LogP contribution in [0, 0.1) is 0 Å². The molecule has 1 heterocycles. The number of rotatable bonds is 5. The number of amides is 1. The molecule has 4 nitrogen and oxygen atoms in total. The highest BCUT2D eigenvalue weighted by Gasteiger charge is 2.17. The van der Waals surface area contributed by atoms with E-state index in [2.05, 4.69) is 0 Å². The van der Waals surface area contributed by atoms with Gasteiger partial charge in [-0.3, -0.25) is 9.00 Å². The van der Waals surface area contributed by atoms with Crippen molar-refractivity contribution in [1.82, 2.24) is 4.90 Å². The van der Waals surface area contributed by atoms with Gasteiger partial charge >= 0.3 is 0 Å². The van der Waals surface area contributed by atoms with Crippen molar-refractivity contribution >= 4 is 16.7 Å².